The van der Waals surface area contributed by atoms with E-state index in [1.54, 1.807) is 36.5 Å². The Labute approximate surface area is 301 Å². The number of anilines is 1. The van der Waals surface area contributed by atoms with Crippen molar-refractivity contribution in [1.29, 1.82) is 0 Å². The smallest absolute Gasteiger partial charge is 0.269 e. The quantitative estimate of drug-likeness (QED) is 0.141. The molecule has 1 N–H and O–H groups in total. The van der Waals surface area contributed by atoms with Crippen molar-refractivity contribution >= 4 is 45.1 Å². The number of morpholine rings is 1. The first-order valence-electron chi connectivity index (χ1n) is 16.4. The molecule has 0 aliphatic carbocycles. The maximum Gasteiger partial charge on any atom is 0.269 e. The van der Waals surface area contributed by atoms with Crippen molar-refractivity contribution in [2.45, 2.75) is 6.42 Å². The summed E-state index contributed by atoms with van der Waals surface area (Å²) in [6.07, 6.45) is 3.86. The number of hydrogen-bond acceptors (Lipinski definition) is 9. The predicted molar refractivity (Wildman–Crippen MR) is 192 cm³/mol. The van der Waals surface area contributed by atoms with Crippen molar-refractivity contribution in [3.05, 3.63) is 118 Å². The fourth-order valence-electron chi connectivity index (χ4n) is 5.93. The Hall–Kier alpha value is -5.63. The molecule has 3 aromatic carbocycles. The van der Waals surface area contributed by atoms with Gasteiger partial charge in [0.1, 0.15) is 22.8 Å². The highest BCUT2D eigenvalue weighted by Crippen LogP contribution is 2.38. The Morgan fingerprint density at radius 1 is 0.923 bits per heavy atom. The summed E-state index contributed by atoms with van der Waals surface area (Å²) in [5, 5.41) is 3.41. The van der Waals surface area contributed by atoms with E-state index in [4.69, 9.17) is 30.5 Å². The van der Waals surface area contributed by atoms with E-state index in [1.807, 2.05) is 0 Å². The molecule has 0 atom stereocenters. The number of benzene rings is 3. The van der Waals surface area contributed by atoms with Gasteiger partial charge in [-0.1, -0.05) is 11.6 Å². The van der Waals surface area contributed by atoms with Crippen LogP contribution in [0.15, 0.2) is 90.0 Å². The van der Waals surface area contributed by atoms with Crippen molar-refractivity contribution in [2.75, 3.05) is 51.9 Å². The van der Waals surface area contributed by atoms with E-state index in [9.17, 15) is 14.0 Å². The van der Waals surface area contributed by atoms with Crippen molar-refractivity contribution < 1.29 is 32.5 Å². The van der Waals surface area contributed by atoms with Gasteiger partial charge in [0.15, 0.2) is 23.1 Å². The minimum atomic E-state index is -0.794. The summed E-state index contributed by atoms with van der Waals surface area (Å²) in [6.45, 7) is 4.69. The standard InChI is InChI=1S/C38H32ClF2N5O6/c1-49-34-21-26-31(22-35(34)51-15-3-12-45-13-16-50-17-14-45)42-11-9-32(26)52-33-8-5-24(19-30(33)41)44-37(47)27-18-23-4-2-10-43-36(23)46(38(27)48)25-6-7-29(40)28(39)20-25/h2,4-11,18-22H,3,12-17H2,1H3,(H,44,47). The first-order chi connectivity index (χ1) is 25.3. The first-order valence-corrected chi connectivity index (χ1v) is 16.8. The van der Waals surface area contributed by atoms with E-state index in [1.165, 1.54) is 48.2 Å². The van der Waals surface area contributed by atoms with Crippen molar-refractivity contribution in [1.82, 2.24) is 19.4 Å². The van der Waals surface area contributed by atoms with E-state index in [2.05, 4.69) is 20.2 Å². The molecule has 11 nitrogen and oxygen atoms in total. The molecule has 0 radical (unpaired) electrons. The van der Waals surface area contributed by atoms with Crippen molar-refractivity contribution in [3.8, 4) is 28.7 Å². The third-order valence-corrected chi connectivity index (χ3v) is 8.83. The number of pyridine rings is 3. The number of nitrogens with one attached hydrogen (secondary N) is 1. The van der Waals surface area contributed by atoms with Gasteiger partial charge in [0.2, 0.25) is 0 Å². The van der Waals surface area contributed by atoms with E-state index in [0.29, 0.717) is 40.1 Å². The Kier molecular flexibility index (Phi) is 10.2. The molecule has 1 saturated heterocycles. The average Bonchev–Trinajstić information content (AvgIpc) is 3.15. The van der Waals surface area contributed by atoms with Crippen LogP contribution in [0.4, 0.5) is 14.5 Å². The highest BCUT2D eigenvalue weighted by molar-refractivity contribution is 6.30. The van der Waals surface area contributed by atoms with E-state index < -0.39 is 23.1 Å². The molecule has 6 aromatic rings. The van der Waals surface area contributed by atoms with Gasteiger partial charge in [-0.15, -0.1) is 0 Å². The van der Waals surface area contributed by atoms with Crippen LogP contribution in [0.1, 0.15) is 16.8 Å². The summed E-state index contributed by atoms with van der Waals surface area (Å²) < 4.78 is 53.6. The van der Waals surface area contributed by atoms with Gasteiger partial charge in [0.25, 0.3) is 11.5 Å². The van der Waals surface area contributed by atoms with Crippen LogP contribution >= 0.6 is 11.6 Å². The van der Waals surface area contributed by atoms with Crippen LogP contribution < -0.4 is 25.1 Å². The Bertz CT molecular complexity index is 2350. The molecule has 1 aliphatic heterocycles. The number of carbonyl (C=O) groups is 1. The molecule has 1 aliphatic rings. The summed E-state index contributed by atoms with van der Waals surface area (Å²) in [5.74, 6) is -1.01. The predicted octanol–water partition coefficient (Wildman–Crippen LogP) is 7.02. The number of methoxy groups -OCH3 is 1. The number of halogens is 3. The molecule has 4 heterocycles. The molecule has 0 saturated carbocycles. The number of ether oxygens (including phenoxy) is 4. The van der Waals surface area contributed by atoms with E-state index in [0.717, 1.165) is 51.4 Å². The minimum absolute atomic E-state index is 0.0774. The molecule has 266 valence electrons. The fourth-order valence-corrected chi connectivity index (χ4v) is 6.11. The summed E-state index contributed by atoms with van der Waals surface area (Å²) in [7, 11) is 1.54. The molecule has 0 unspecified atom stereocenters. The number of carbonyl (C=O) groups excluding carboxylic acids is 1. The molecule has 14 heteroatoms. The van der Waals surface area contributed by atoms with Crippen LogP contribution in [0.25, 0.3) is 27.6 Å². The zero-order chi connectivity index (χ0) is 36.2. The number of rotatable bonds is 11. The number of hydrogen-bond donors (Lipinski definition) is 1. The Morgan fingerprint density at radius 2 is 1.77 bits per heavy atom. The van der Waals surface area contributed by atoms with E-state index >= 15 is 4.39 Å². The van der Waals surface area contributed by atoms with Crippen molar-refractivity contribution in [2.24, 2.45) is 0 Å². The second-order valence-electron chi connectivity index (χ2n) is 11.9. The van der Waals surface area contributed by atoms with E-state index in [-0.39, 0.29) is 33.4 Å². The van der Waals surface area contributed by atoms with Crippen molar-refractivity contribution in [3.63, 3.8) is 0 Å². The normalized spacial score (nSPS) is 13.3. The number of nitrogens with zero attached hydrogens (tertiary/aromatic N) is 4. The van der Waals surface area contributed by atoms with Gasteiger partial charge >= 0.3 is 0 Å². The Balaban J connectivity index is 1.09. The second-order valence-corrected chi connectivity index (χ2v) is 12.3. The van der Waals surface area contributed by atoms with Gasteiger partial charge in [-0.2, -0.15) is 0 Å². The van der Waals surface area contributed by atoms with Gasteiger partial charge in [0.05, 0.1) is 43.2 Å². The lowest BCUT2D eigenvalue weighted by Crippen LogP contribution is -2.37. The SMILES string of the molecule is COc1cc2c(Oc3ccc(NC(=O)c4cc5cccnc5n(-c5ccc(F)c(Cl)c5)c4=O)cc3F)ccnc2cc1OCCCN1CCOCC1. The second kappa shape index (κ2) is 15.3. The summed E-state index contributed by atoms with van der Waals surface area (Å²) in [5.41, 5.74) is 0.113. The Morgan fingerprint density at radius 3 is 2.56 bits per heavy atom. The molecular formula is C38H32ClF2N5O6. The zero-order valence-corrected chi connectivity index (χ0v) is 28.7. The first kappa shape index (κ1) is 34.8. The monoisotopic (exact) mass is 727 g/mol. The summed E-state index contributed by atoms with van der Waals surface area (Å²) >= 11 is 5.99. The van der Waals surface area contributed by atoms with Crippen LogP contribution in [-0.4, -0.2) is 71.9 Å². The lowest BCUT2D eigenvalue weighted by Gasteiger charge is -2.26. The fraction of sp³-hybridized carbons (Fsp3) is 0.211. The van der Waals surface area contributed by atoms with Gasteiger partial charge < -0.3 is 24.3 Å². The summed E-state index contributed by atoms with van der Waals surface area (Å²) in [4.78, 5) is 38.1. The van der Waals surface area contributed by atoms with Gasteiger partial charge in [0, 0.05) is 60.6 Å². The van der Waals surface area contributed by atoms with Gasteiger partial charge in [-0.25, -0.2) is 13.8 Å². The van der Waals surface area contributed by atoms with Gasteiger partial charge in [-0.05, 0) is 67.1 Å². The van der Waals surface area contributed by atoms with Crippen LogP contribution in [0, 0.1) is 11.6 Å². The highest BCUT2D eigenvalue weighted by atomic mass is 35.5. The third-order valence-electron chi connectivity index (χ3n) is 8.54. The number of fused-ring (bicyclic) bond motifs is 2. The molecule has 3 aromatic heterocycles. The third kappa shape index (κ3) is 7.38. The lowest BCUT2D eigenvalue weighted by molar-refractivity contribution is 0.0357. The topological polar surface area (TPSA) is 117 Å². The maximum atomic E-state index is 15.5. The lowest BCUT2D eigenvalue weighted by atomic mass is 10.1. The molecule has 52 heavy (non-hydrogen) atoms. The molecule has 1 amide bonds. The summed E-state index contributed by atoms with van der Waals surface area (Å²) in [6, 6.07) is 17.4. The van der Waals surface area contributed by atoms with Gasteiger partial charge in [-0.3, -0.25) is 24.0 Å². The van der Waals surface area contributed by atoms with Crippen LogP contribution in [0.5, 0.6) is 23.0 Å². The zero-order valence-electron chi connectivity index (χ0n) is 27.9. The molecule has 1 fully saturated rings. The largest absolute Gasteiger partial charge is 0.493 e. The minimum Gasteiger partial charge on any atom is -0.493 e. The van der Waals surface area contributed by atoms with Crippen LogP contribution in [-0.2, 0) is 4.74 Å². The van der Waals surface area contributed by atoms with Crippen LogP contribution in [0.2, 0.25) is 5.02 Å². The molecule has 7 rings (SSSR count). The molecule has 0 bridgehead atoms. The van der Waals surface area contributed by atoms with Crippen LogP contribution in [0.3, 0.4) is 0 Å². The number of amides is 1. The molecule has 0 spiro atoms. The molecular weight excluding hydrogens is 696 g/mol. The highest BCUT2D eigenvalue weighted by Gasteiger charge is 2.20. The maximum absolute atomic E-state index is 15.5. The average molecular weight is 728 g/mol. The number of aromatic nitrogens is 3.